The lowest BCUT2D eigenvalue weighted by atomic mass is 10.0. The average molecular weight is 593 g/mol. The molecule has 8 nitrogen and oxygen atoms in total. The molecule has 0 amide bonds. The number of nitrogens with zero attached hydrogens (tertiary/aromatic N) is 2. The van der Waals surface area contributed by atoms with Crippen LogP contribution in [0.5, 0.6) is 0 Å². The SMILES string of the molecule is C/C=C\n1cc(C(C)=O)nc1C=N.CC1(C)C2CNCC21.CCOC(=O)CC(N)c1cc(Br)cc(C)c1F. The zero-order valence-corrected chi connectivity index (χ0v) is 24.6. The molecule has 38 heavy (non-hydrogen) atoms. The molecule has 4 N–H and O–H groups in total. The molecule has 3 unspecified atom stereocenters. The number of ether oxygens (including phenoxy) is 1. The van der Waals surface area contributed by atoms with Crippen LogP contribution in [0.4, 0.5) is 4.39 Å². The number of aromatic nitrogens is 2. The molecular weight excluding hydrogens is 553 g/mol. The van der Waals surface area contributed by atoms with Gasteiger partial charge in [-0.2, -0.15) is 0 Å². The van der Waals surface area contributed by atoms with Crippen LogP contribution in [0.3, 0.4) is 0 Å². The smallest absolute Gasteiger partial charge is 0.307 e. The normalized spacial score (nSPS) is 19.4. The number of esters is 1. The van der Waals surface area contributed by atoms with Gasteiger partial charge in [0.1, 0.15) is 11.5 Å². The van der Waals surface area contributed by atoms with E-state index in [1.54, 1.807) is 42.9 Å². The summed E-state index contributed by atoms with van der Waals surface area (Å²) < 4.78 is 21.0. The van der Waals surface area contributed by atoms with Gasteiger partial charge >= 0.3 is 5.97 Å². The predicted molar refractivity (Wildman–Crippen MR) is 152 cm³/mol. The van der Waals surface area contributed by atoms with Gasteiger partial charge in [0.15, 0.2) is 11.6 Å². The minimum atomic E-state index is -0.690. The number of ketones is 1. The molecule has 3 atom stereocenters. The first-order chi connectivity index (χ1) is 17.9. The van der Waals surface area contributed by atoms with E-state index in [-0.39, 0.29) is 18.0 Å². The van der Waals surface area contributed by atoms with Crippen LogP contribution in [0.15, 0.2) is 28.9 Å². The Morgan fingerprint density at radius 1 is 1.37 bits per heavy atom. The minimum absolute atomic E-state index is 0.0271. The number of piperidine rings is 1. The van der Waals surface area contributed by atoms with Gasteiger partial charge in [-0.1, -0.05) is 35.9 Å². The number of fused-ring (bicyclic) bond motifs is 1. The summed E-state index contributed by atoms with van der Waals surface area (Å²) in [7, 11) is 0. The highest BCUT2D eigenvalue weighted by Crippen LogP contribution is 2.59. The Hall–Kier alpha value is -2.69. The van der Waals surface area contributed by atoms with Crippen molar-refractivity contribution in [1.82, 2.24) is 14.9 Å². The lowest BCUT2D eigenvalue weighted by molar-refractivity contribution is -0.143. The van der Waals surface area contributed by atoms with Crippen molar-refractivity contribution in [3.05, 3.63) is 57.3 Å². The Labute approximate surface area is 232 Å². The van der Waals surface area contributed by atoms with Crippen molar-refractivity contribution in [2.45, 2.75) is 54.0 Å². The van der Waals surface area contributed by atoms with E-state index in [0.717, 1.165) is 22.5 Å². The van der Waals surface area contributed by atoms with Crippen molar-refractivity contribution in [3.8, 4) is 0 Å². The predicted octanol–water partition coefficient (Wildman–Crippen LogP) is 5.29. The number of Topliss-reactive ketones (excluding diaryl/α,β-unsaturated/α-hetero) is 1. The van der Waals surface area contributed by atoms with Gasteiger partial charge < -0.3 is 25.8 Å². The van der Waals surface area contributed by atoms with Crippen molar-refractivity contribution < 1.29 is 18.7 Å². The van der Waals surface area contributed by atoms with Gasteiger partial charge in [-0.15, -0.1) is 0 Å². The second-order valence-corrected chi connectivity index (χ2v) is 10.9. The standard InChI is InChI=1S/C12H15BrFNO2.C9H11N3O.C7H13N/c1-3-17-11(16)6-10(15)9-5-8(13)4-7(2)12(9)14;1-3-4-12-6-8(7(2)13)11-9(12)5-10;1-7(2)5-3-8-4-6(5)7/h4-5,10H,3,6,15H2,1-2H3;3-6,10H,1-2H3;5-6,8H,3-4H2,1-2H3/b;4-3-,10-5?;. The zero-order valence-electron chi connectivity index (χ0n) is 23.0. The van der Waals surface area contributed by atoms with Gasteiger partial charge in [-0.05, 0) is 68.8 Å². The number of nitrogens with two attached hydrogens (primary N) is 1. The van der Waals surface area contributed by atoms with Crippen LogP contribution in [-0.2, 0) is 9.53 Å². The number of carbonyl (C=O) groups is 2. The molecule has 1 saturated carbocycles. The first kappa shape index (κ1) is 31.5. The summed E-state index contributed by atoms with van der Waals surface area (Å²) in [6.07, 6.45) is 6.27. The molecule has 2 fully saturated rings. The third-order valence-electron chi connectivity index (χ3n) is 6.92. The quantitative estimate of drug-likeness (QED) is 0.228. The molecule has 10 heteroatoms. The maximum Gasteiger partial charge on any atom is 0.307 e. The van der Waals surface area contributed by atoms with Crippen LogP contribution in [0.1, 0.15) is 74.5 Å². The van der Waals surface area contributed by atoms with Gasteiger partial charge in [0, 0.05) is 35.4 Å². The van der Waals surface area contributed by atoms with Crippen LogP contribution in [0.25, 0.3) is 6.20 Å². The third-order valence-corrected chi connectivity index (χ3v) is 7.37. The number of allylic oxidation sites excluding steroid dienone is 1. The highest BCUT2D eigenvalue weighted by molar-refractivity contribution is 9.10. The number of imidazole rings is 1. The van der Waals surface area contributed by atoms with Gasteiger partial charge in [0.05, 0.1) is 19.2 Å². The maximum absolute atomic E-state index is 13.8. The molecule has 2 aliphatic rings. The Kier molecular flexibility index (Phi) is 11.5. The molecular formula is C28H39BrFN5O3. The van der Waals surface area contributed by atoms with Crippen LogP contribution < -0.4 is 11.1 Å². The Morgan fingerprint density at radius 3 is 2.47 bits per heavy atom. The van der Waals surface area contributed by atoms with Crippen molar-refractivity contribution in [1.29, 1.82) is 5.41 Å². The fourth-order valence-electron chi connectivity index (χ4n) is 4.56. The van der Waals surface area contributed by atoms with Crippen LogP contribution in [0.2, 0.25) is 0 Å². The molecule has 1 aliphatic heterocycles. The summed E-state index contributed by atoms with van der Waals surface area (Å²) in [5, 5.41) is 10.4. The first-order valence-corrected chi connectivity index (χ1v) is 13.5. The number of hydrogen-bond donors (Lipinski definition) is 3. The van der Waals surface area contributed by atoms with Crippen molar-refractivity contribution >= 4 is 40.1 Å². The number of halogens is 2. The van der Waals surface area contributed by atoms with E-state index < -0.39 is 12.0 Å². The highest BCUT2D eigenvalue weighted by atomic mass is 79.9. The second-order valence-electron chi connectivity index (χ2n) is 10.0. The highest BCUT2D eigenvalue weighted by Gasteiger charge is 2.59. The van der Waals surface area contributed by atoms with E-state index in [9.17, 15) is 14.0 Å². The van der Waals surface area contributed by atoms with Crippen LogP contribution >= 0.6 is 15.9 Å². The van der Waals surface area contributed by atoms with Gasteiger partial charge in [-0.3, -0.25) is 9.59 Å². The summed E-state index contributed by atoms with van der Waals surface area (Å²) in [4.78, 5) is 26.2. The third kappa shape index (κ3) is 8.15. The number of rotatable bonds is 7. The maximum atomic E-state index is 13.8. The van der Waals surface area contributed by atoms with Crippen molar-refractivity contribution in [2.24, 2.45) is 23.0 Å². The minimum Gasteiger partial charge on any atom is -0.466 e. The largest absolute Gasteiger partial charge is 0.466 e. The molecule has 0 radical (unpaired) electrons. The molecule has 1 aromatic heterocycles. The van der Waals surface area contributed by atoms with E-state index in [1.807, 2.05) is 13.0 Å². The van der Waals surface area contributed by atoms with Gasteiger partial charge in [0.25, 0.3) is 0 Å². The van der Waals surface area contributed by atoms with Crippen molar-refractivity contribution in [3.63, 3.8) is 0 Å². The van der Waals surface area contributed by atoms with E-state index >= 15 is 0 Å². The van der Waals surface area contributed by atoms with E-state index in [4.69, 9.17) is 15.9 Å². The number of benzene rings is 1. The topological polar surface area (TPSA) is 123 Å². The molecule has 4 rings (SSSR count). The first-order valence-electron chi connectivity index (χ1n) is 12.7. The van der Waals surface area contributed by atoms with Crippen LogP contribution in [0, 0.1) is 35.4 Å². The molecule has 0 bridgehead atoms. The molecule has 1 aliphatic carbocycles. The lowest BCUT2D eigenvalue weighted by Crippen LogP contribution is -2.18. The fourth-order valence-corrected chi connectivity index (χ4v) is 5.15. The Balaban J connectivity index is 0.000000212. The fraction of sp³-hybridized carbons (Fsp3) is 0.500. The van der Waals surface area contributed by atoms with Gasteiger partial charge in [-0.25, -0.2) is 9.37 Å². The average Bonchev–Trinajstić information content (AvgIpc) is 3.28. The van der Waals surface area contributed by atoms with E-state index in [1.165, 1.54) is 20.0 Å². The molecule has 2 heterocycles. The number of aryl methyl sites for hydroxylation is 1. The van der Waals surface area contributed by atoms with E-state index in [0.29, 0.717) is 34.7 Å². The zero-order chi connectivity index (χ0) is 28.6. The molecule has 2 aromatic rings. The summed E-state index contributed by atoms with van der Waals surface area (Å²) >= 11 is 3.27. The number of carbonyl (C=O) groups excluding carboxylic acids is 2. The lowest BCUT2D eigenvalue weighted by Gasteiger charge is -2.14. The Morgan fingerprint density at radius 2 is 2.00 bits per heavy atom. The van der Waals surface area contributed by atoms with E-state index in [2.05, 4.69) is 40.1 Å². The summed E-state index contributed by atoms with van der Waals surface area (Å²) in [5.74, 6) is 1.61. The molecule has 1 saturated heterocycles. The second kappa shape index (κ2) is 13.9. The summed E-state index contributed by atoms with van der Waals surface area (Å²) in [6, 6.07) is 2.56. The molecule has 208 valence electrons. The van der Waals surface area contributed by atoms with Crippen molar-refractivity contribution in [2.75, 3.05) is 19.7 Å². The summed E-state index contributed by atoms with van der Waals surface area (Å²) in [5.41, 5.74) is 7.71. The molecule has 1 aromatic carbocycles. The molecule has 0 spiro atoms. The summed E-state index contributed by atoms with van der Waals surface area (Å²) in [6.45, 7) is 14.3. The monoisotopic (exact) mass is 591 g/mol. The number of nitrogens with one attached hydrogen (secondary N) is 2. The number of hydrogen-bond acceptors (Lipinski definition) is 7. The van der Waals surface area contributed by atoms with Crippen LogP contribution in [-0.4, -0.2) is 47.2 Å². The Bertz CT molecular complexity index is 1170. The van der Waals surface area contributed by atoms with Gasteiger partial charge in [0.2, 0.25) is 0 Å².